The summed E-state index contributed by atoms with van der Waals surface area (Å²) in [7, 11) is 0. The number of nitrogens with zero attached hydrogens (tertiary/aromatic N) is 1. The molecule has 101 valence electrons. The molecule has 1 aromatic carbocycles. The Hall–Kier alpha value is -0.246. The van der Waals surface area contributed by atoms with Gasteiger partial charge in [-0.2, -0.15) is 29.8 Å². The van der Waals surface area contributed by atoms with Crippen LogP contribution in [-0.2, 0) is 43.9 Å². The zero-order chi connectivity index (χ0) is 13.3. The minimum atomic E-state index is -0.691. The van der Waals surface area contributed by atoms with Gasteiger partial charge < -0.3 is 10.0 Å². The monoisotopic (exact) mass is 335 g/mol. The number of amides is 1. The number of carbonyl (C=O) groups excluding carboxylic acids is 1. The van der Waals surface area contributed by atoms with Crippen LogP contribution in [0.3, 0.4) is 0 Å². The zero-order valence-corrected chi connectivity index (χ0v) is 14.6. The fourth-order valence-electron chi connectivity index (χ4n) is 2.18. The van der Waals surface area contributed by atoms with Crippen LogP contribution < -0.4 is 0 Å². The van der Waals surface area contributed by atoms with Gasteiger partial charge in [0.1, 0.15) is 0 Å². The zero-order valence-electron chi connectivity index (χ0n) is 11.8. The van der Waals surface area contributed by atoms with Gasteiger partial charge in [-0.3, -0.25) is 4.79 Å². The van der Waals surface area contributed by atoms with E-state index in [2.05, 4.69) is 19.9 Å². The van der Waals surface area contributed by atoms with E-state index in [-0.39, 0.29) is 38.6 Å². The van der Waals surface area contributed by atoms with Crippen LogP contribution in [0.2, 0.25) is 0 Å². The van der Waals surface area contributed by atoms with Crippen molar-refractivity contribution in [2.75, 3.05) is 13.1 Å². The van der Waals surface area contributed by atoms with Crippen molar-refractivity contribution >= 4 is 5.91 Å². The Morgan fingerprint density at radius 3 is 2.53 bits per heavy atom. The molecule has 4 heteroatoms. The third-order valence-electron chi connectivity index (χ3n) is 3.29. The molecule has 19 heavy (non-hydrogen) atoms. The molecule has 0 aliphatic carbocycles. The van der Waals surface area contributed by atoms with Crippen LogP contribution in [0.25, 0.3) is 0 Å². The van der Waals surface area contributed by atoms with E-state index in [0.717, 1.165) is 11.1 Å². The molecule has 1 aliphatic heterocycles. The van der Waals surface area contributed by atoms with Crippen molar-refractivity contribution < 1.29 is 42.6 Å². The molecule has 0 aromatic heterocycles. The third kappa shape index (κ3) is 4.37. The van der Waals surface area contributed by atoms with Gasteiger partial charge in [0.25, 0.3) is 0 Å². The van der Waals surface area contributed by atoms with Gasteiger partial charge in [0.15, 0.2) is 0 Å². The van der Waals surface area contributed by atoms with E-state index in [1.807, 2.05) is 18.2 Å². The van der Waals surface area contributed by atoms with Crippen LogP contribution in [0, 0.1) is 6.07 Å². The summed E-state index contributed by atoms with van der Waals surface area (Å²) in [6, 6.07) is 9.12. The molecule has 1 aliphatic rings. The average molecular weight is 335 g/mol. The van der Waals surface area contributed by atoms with Gasteiger partial charge in [0, 0.05) is 39.1 Å². The fourth-order valence-corrected chi connectivity index (χ4v) is 2.18. The molecule has 1 amide bonds. The minimum absolute atomic E-state index is 0. The van der Waals surface area contributed by atoms with Crippen LogP contribution in [0.15, 0.2) is 18.2 Å². The van der Waals surface area contributed by atoms with Gasteiger partial charge in [0.05, 0.1) is 18.7 Å². The Kier molecular flexibility index (Phi) is 5.72. The van der Waals surface area contributed by atoms with Crippen molar-refractivity contribution in [3.05, 3.63) is 35.4 Å². The number of rotatable bonds is 3. The van der Waals surface area contributed by atoms with Gasteiger partial charge in [0.2, 0.25) is 5.91 Å². The van der Waals surface area contributed by atoms with E-state index in [4.69, 9.17) is 0 Å². The Bertz CT molecular complexity index is 432. The van der Waals surface area contributed by atoms with Crippen LogP contribution in [0.5, 0.6) is 0 Å². The molecule has 0 spiro atoms. The Labute approximate surface area is 140 Å². The van der Waals surface area contributed by atoms with Crippen molar-refractivity contribution in [1.82, 2.24) is 4.90 Å². The predicted octanol–water partition coefficient (Wildman–Crippen LogP) is 1.74. The second kappa shape index (κ2) is 6.47. The SMILES string of the molecule is CC(C)c1[c-]cc(CC(=O)N2CC(C)(O)C2)cc1.[Y]. The molecule has 0 atom stereocenters. The number of benzene rings is 1. The van der Waals surface area contributed by atoms with Gasteiger partial charge in [-0.25, -0.2) is 0 Å². The largest absolute Gasteiger partial charge is 0.386 e. The molecule has 1 heterocycles. The maximum Gasteiger partial charge on any atom is 0.215 e. The standard InChI is InChI=1S/C15H20NO2.Y/c1-11(2)13-6-4-12(5-7-13)8-14(17)16-9-15(3,18)10-16;/h4-6,11,18H,8-10H2,1-3H3;/q-1;. The van der Waals surface area contributed by atoms with Crippen molar-refractivity contribution in [2.45, 2.75) is 38.7 Å². The van der Waals surface area contributed by atoms with E-state index >= 15 is 0 Å². The number of hydrogen-bond acceptors (Lipinski definition) is 2. The summed E-state index contributed by atoms with van der Waals surface area (Å²) < 4.78 is 0. The molecule has 2 rings (SSSR count). The normalized spacial score (nSPS) is 16.8. The summed E-state index contributed by atoms with van der Waals surface area (Å²) in [5.41, 5.74) is 1.46. The number of likely N-dealkylation sites (tertiary alicyclic amines) is 1. The van der Waals surface area contributed by atoms with Crippen molar-refractivity contribution in [2.24, 2.45) is 0 Å². The third-order valence-corrected chi connectivity index (χ3v) is 3.29. The Morgan fingerprint density at radius 1 is 1.47 bits per heavy atom. The Balaban J connectivity index is 0.00000180. The quantitative estimate of drug-likeness (QED) is 0.855. The molecular formula is C15H20NO2Y-. The second-order valence-electron chi connectivity index (χ2n) is 5.73. The van der Waals surface area contributed by atoms with Gasteiger partial charge in [-0.05, 0) is 12.8 Å². The number of aliphatic hydroxyl groups is 1. The van der Waals surface area contributed by atoms with E-state index in [1.54, 1.807) is 11.8 Å². The molecule has 0 saturated carbocycles. The van der Waals surface area contributed by atoms with Gasteiger partial charge in [-0.15, -0.1) is 5.56 Å². The molecule has 1 saturated heterocycles. The first-order chi connectivity index (χ1) is 8.37. The first kappa shape index (κ1) is 16.8. The van der Waals surface area contributed by atoms with Crippen LogP contribution in [0.4, 0.5) is 0 Å². The molecule has 3 nitrogen and oxygen atoms in total. The molecule has 1 radical (unpaired) electrons. The summed E-state index contributed by atoms with van der Waals surface area (Å²) in [6.45, 7) is 6.89. The van der Waals surface area contributed by atoms with Crippen molar-refractivity contribution in [3.8, 4) is 0 Å². The summed E-state index contributed by atoms with van der Waals surface area (Å²) in [4.78, 5) is 13.6. The van der Waals surface area contributed by atoms with E-state index in [1.165, 1.54) is 0 Å². The Morgan fingerprint density at radius 2 is 2.11 bits per heavy atom. The summed E-state index contributed by atoms with van der Waals surface area (Å²) in [6.07, 6.45) is 0.394. The number of β-amino-alcohol motifs (C(OH)–C–C–N with tert-alkyl or cyclic N) is 1. The van der Waals surface area contributed by atoms with E-state index in [0.29, 0.717) is 25.4 Å². The minimum Gasteiger partial charge on any atom is -0.386 e. The molecule has 0 bridgehead atoms. The van der Waals surface area contributed by atoms with Crippen molar-refractivity contribution in [1.29, 1.82) is 0 Å². The second-order valence-corrected chi connectivity index (χ2v) is 5.73. The summed E-state index contributed by atoms with van der Waals surface area (Å²) in [5.74, 6) is 0.535. The predicted molar refractivity (Wildman–Crippen MR) is 70.3 cm³/mol. The van der Waals surface area contributed by atoms with Crippen molar-refractivity contribution in [3.63, 3.8) is 0 Å². The molecule has 1 aromatic rings. The molecular weight excluding hydrogens is 315 g/mol. The first-order valence-electron chi connectivity index (χ1n) is 6.38. The smallest absolute Gasteiger partial charge is 0.215 e. The van der Waals surface area contributed by atoms with E-state index < -0.39 is 5.60 Å². The fraction of sp³-hybridized carbons (Fsp3) is 0.533. The van der Waals surface area contributed by atoms with Crippen LogP contribution in [-0.4, -0.2) is 34.6 Å². The summed E-state index contributed by atoms with van der Waals surface area (Å²) >= 11 is 0. The average Bonchev–Trinajstić information content (AvgIpc) is 2.26. The number of carbonyl (C=O) groups is 1. The van der Waals surface area contributed by atoms with Gasteiger partial charge >= 0.3 is 0 Å². The van der Waals surface area contributed by atoms with Crippen LogP contribution >= 0.6 is 0 Å². The number of hydrogen-bond donors (Lipinski definition) is 1. The van der Waals surface area contributed by atoms with Gasteiger partial charge in [-0.1, -0.05) is 13.8 Å². The first-order valence-corrected chi connectivity index (χ1v) is 6.38. The molecule has 0 unspecified atom stereocenters. The maximum atomic E-state index is 11.9. The maximum absolute atomic E-state index is 11.9. The molecule has 1 N–H and O–H groups in total. The van der Waals surface area contributed by atoms with E-state index in [9.17, 15) is 9.90 Å². The van der Waals surface area contributed by atoms with Crippen LogP contribution in [0.1, 0.15) is 37.8 Å². The molecule has 1 fully saturated rings. The topological polar surface area (TPSA) is 40.5 Å². The summed E-state index contributed by atoms with van der Waals surface area (Å²) in [5, 5.41) is 9.60.